The van der Waals surface area contributed by atoms with Crippen LogP contribution in [0.4, 0.5) is 0 Å². The predicted octanol–water partition coefficient (Wildman–Crippen LogP) is 1.98. The zero-order valence-corrected chi connectivity index (χ0v) is 18.4. The van der Waals surface area contributed by atoms with Gasteiger partial charge >= 0.3 is 0 Å². The van der Waals surface area contributed by atoms with Crippen LogP contribution >= 0.6 is 0 Å². The van der Waals surface area contributed by atoms with Crippen molar-refractivity contribution in [2.75, 3.05) is 26.2 Å². The van der Waals surface area contributed by atoms with E-state index in [9.17, 15) is 4.79 Å². The number of carbonyl (C=O) groups is 1. The predicted molar refractivity (Wildman–Crippen MR) is 126 cm³/mol. The molecule has 32 heavy (non-hydrogen) atoms. The van der Waals surface area contributed by atoms with Gasteiger partial charge in [0.2, 0.25) is 5.91 Å². The highest BCUT2D eigenvalue weighted by atomic mass is 16.5. The zero-order chi connectivity index (χ0) is 22.3. The van der Waals surface area contributed by atoms with Gasteiger partial charge in [-0.05, 0) is 62.1 Å². The molecule has 0 saturated carbocycles. The molecule has 3 aliphatic heterocycles. The van der Waals surface area contributed by atoms with Crippen molar-refractivity contribution in [2.45, 2.75) is 31.3 Å². The van der Waals surface area contributed by atoms with Gasteiger partial charge in [0.05, 0.1) is 17.7 Å². The van der Waals surface area contributed by atoms with Crippen LogP contribution in [-0.4, -0.2) is 49.2 Å². The van der Waals surface area contributed by atoms with Crippen LogP contribution in [0.3, 0.4) is 0 Å². The lowest BCUT2D eigenvalue weighted by Gasteiger charge is -2.42. The summed E-state index contributed by atoms with van der Waals surface area (Å²) in [5, 5.41) is 9.03. The standard InChI is InChI=1S/C25H33N5O2/c1-2-7-19(8-6-17-32-20-9-4-3-5-10-20)23-22(24(26)31)25-28-16-13-21(30(25)29-23)18-11-14-27-15-12-18/h2-10,18,21,23,27-29H,1,11-17H2,(H2,26,31)/b8-6-,19-7+/t21-,23+/m0/s1. The third kappa shape index (κ3) is 4.89. The Labute approximate surface area is 190 Å². The summed E-state index contributed by atoms with van der Waals surface area (Å²) in [6, 6.07) is 9.69. The van der Waals surface area contributed by atoms with Crippen LogP contribution in [-0.2, 0) is 4.79 Å². The second kappa shape index (κ2) is 10.5. The largest absolute Gasteiger partial charge is 0.490 e. The second-order valence-corrected chi connectivity index (χ2v) is 8.36. The van der Waals surface area contributed by atoms with Crippen molar-refractivity contribution in [1.82, 2.24) is 21.1 Å². The van der Waals surface area contributed by atoms with Gasteiger partial charge in [-0.3, -0.25) is 9.80 Å². The van der Waals surface area contributed by atoms with Gasteiger partial charge in [0.15, 0.2) is 0 Å². The van der Waals surface area contributed by atoms with E-state index in [2.05, 4.69) is 27.6 Å². The third-order valence-corrected chi connectivity index (χ3v) is 6.35. The lowest BCUT2D eigenvalue weighted by molar-refractivity contribution is -0.114. The molecule has 1 aromatic carbocycles. The van der Waals surface area contributed by atoms with E-state index in [1.807, 2.05) is 48.6 Å². The van der Waals surface area contributed by atoms with Crippen LogP contribution in [0.2, 0.25) is 0 Å². The van der Waals surface area contributed by atoms with Crippen molar-refractivity contribution >= 4 is 5.91 Å². The number of allylic oxidation sites excluding steroid dienone is 2. The number of nitrogens with one attached hydrogen (secondary N) is 3. The van der Waals surface area contributed by atoms with Gasteiger partial charge in [0.1, 0.15) is 18.2 Å². The van der Waals surface area contributed by atoms with Gasteiger partial charge in [-0.2, -0.15) is 0 Å². The van der Waals surface area contributed by atoms with E-state index < -0.39 is 5.91 Å². The number of amides is 1. The van der Waals surface area contributed by atoms with Crippen molar-refractivity contribution in [3.63, 3.8) is 0 Å². The van der Waals surface area contributed by atoms with E-state index in [0.717, 1.165) is 56.0 Å². The lowest BCUT2D eigenvalue weighted by atomic mass is 9.87. The molecule has 0 bridgehead atoms. The highest BCUT2D eigenvalue weighted by molar-refractivity contribution is 5.95. The first-order valence-corrected chi connectivity index (χ1v) is 11.4. The van der Waals surface area contributed by atoms with Crippen LogP contribution in [0.5, 0.6) is 5.75 Å². The monoisotopic (exact) mass is 435 g/mol. The number of para-hydroxylation sites is 1. The normalized spacial score (nSPS) is 24.4. The average Bonchev–Trinajstić information content (AvgIpc) is 3.22. The maximum Gasteiger partial charge on any atom is 0.250 e. The fourth-order valence-corrected chi connectivity index (χ4v) is 4.85. The number of nitrogens with zero attached hydrogens (tertiary/aromatic N) is 1. The van der Waals surface area contributed by atoms with Gasteiger partial charge in [0.25, 0.3) is 0 Å². The van der Waals surface area contributed by atoms with Crippen LogP contribution in [0.25, 0.3) is 0 Å². The Morgan fingerprint density at radius 1 is 1.19 bits per heavy atom. The zero-order valence-electron chi connectivity index (χ0n) is 18.4. The summed E-state index contributed by atoms with van der Waals surface area (Å²) in [4.78, 5) is 12.5. The topological polar surface area (TPSA) is 91.7 Å². The summed E-state index contributed by atoms with van der Waals surface area (Å²) in [6.07, 6.45) is 10.9. The number of hydrazine groups is 1. The molecule has 2 fully saturated rings. The Morgan fingerprint density at radius 3 is 2.69 bits per heavy atom. The van der Waals surface area contributed by atoms with E-state index in [1.54, 1.807) is 6.08 Å². The van der Waals surface area contributed by atoms with E-state index in [1.165, 1.54) is 0 Å². The molecular weight excluding hydrogens is 402 g/mol. The van der Waals surface area contributed by atoms with Crippen molar-refractivity contribution in [3.05, 3.63) is 78.2 Å². The molecule has 0 unspecified atom stereocenters. The van der Waals surface area contributed by atoms with Crippen LogP contribution in [0, 0.1) is 5.92 Å². The summed E-state index contributed by atoms with van der Waals surface area (Å²) in [6.45, 7) is 7.21. The van der Waals surface area contributed by atoms with E-state index >= 15 is 0 Å². The number of piperidine rings is 1. The van der Waals surface area contributed by atoms with E-state index in [0.29, 0.717) is 24.1 Å². The SMILES string of the molecule is C=C/C=C(\C=C/COc1ccccc1)[C@H]1NN2C(=C1C(N)=O)NCC[C@H]2C1CCNCC1. The molecule has 3 heterocycles. The maximum atomic E-state index is 12.5. The van der Waals surface area contributed by atoms with Crippen molar-refractivity contribution in [1.29, 1.82) is 0 Å². The summed E-state index contributed by atoms with van der Waals surface area (Å²) < 4.78 is 5.77. The van der Waals surface area contributed by atoms with Crippen LogP contribution in [0.1, 0.15) is 19.3 Å². The van der Waals surface area contributed by atoms with Crippen LogP contribution in [0.15, 0.2) is 78.2 Å². The minimum absolute atomic E-state index is 0.330. The first kappa shape index (κ1) is 22.2. The molecule has 2 saturated heterocycles. The first-order valence-electron chi connectivity index (χ1n) is 11.4. The number of hydrogen-bond donors (Lipinski definition) is 4. The third-order valence-electron chi connectivity index (χ3n) is 6.35. The molecule has 1 aromatic rings. The molecule has 2 atom stereocenters. The Morgan fingerprint density at radius 2 is 1.97 bits per heavy atom. The molecule has 170 valence electrons. The van der Waals surface area contributed by atoms with E-state index in [4.69, 9.17) is 10.5 Å². The molecule has 0 radical (unpaired) electrons. The number of rotatable bonds is 8. The summed E-state index contributed by atoms with van der Waals surface area (Å²) >= 11 is 0. The number of ether oxygens (including phenoxy) is 1. The quantitative estimate of drug-likeness (QED) is 0.467. The maximum absolute atomic E-state index is 12.5. The lowest BCUT2D eigenvalue weighted by Crippen LogP contribution is -2.55. The first-order chi connectivity index (χ1) is 15.7. The molecule has 7 nitrogen and oxygen atoms in total. The number of fused-ring (bicyclic) bond motifs is 1. The molecule has 1 amide bonds. The van der Waals surface area contributed by atoms with Gasteiger partial charge in [-0.25, -0.2) is 5.43 Å². The number of benzene rings is 1. The minimum Gasteiger partial charge on any atom is -0.490 e. The average molecular weight is 436 g/mol. The minimum atomic E-state index is -0.414. The van der Waals surface area contributed by atoms with E-state index in [-0.39, 0.29) is 6.04 Å². The van der Waals surface area contributed by atoms with Crippen molar-refractivity contribution in [2.24, 2.45) is 11.7 Å². The number of hydrogen-bond acceptors (Lipinski definition) is 6. The highest BCUT2D eigenvalue weighted by Gasteiger charge is 2.43. The fraction of sp³-hybridized carbons (Fsp3) is 0.400. The Hall–Kier alpha value is -3.03. The fourth-order valence-electron chi connectivity index (χ4n) is 4.85. The Bertz CT molecular complexity index is 902. The molecule has 0 spiro atoms. The summed E-state index contributed by atoms with van der Waals surface area (Å²) in [5.74, 6) is 1.80. The highest BCUT2D eigenvalue weighted by Crippen LogP contribution is 2.34. The summed E-state index contributed by atoms with van der Waals surface area (Å²) in [5.41, 5.74) is 10.9. The van der Waals surface area contributed by atoms with Gasteiger partial charge in [-0.1, -0.05) is 43.0 Å². The molecular formula is C25H33N5O2. The molecule has 0 aliphatic carbocycles. The second-order valence-electron chi connectivity index (χ2n) is 8.36. The molecule has 7 heteroatoms. The van der Waals surface area contributed by atoms with Gasteiger partial charge in [-0.15, -0.1) is 0 Å². The van der Waals surface area contributed by atoms with Crippen molar-refractivity contribution in [3.8, 4) is 5.75 Å². The van der Waals surface area contributed by atoms with Gasteiger partial charge in [0, 0.05) is 6.54 Å². The Balaban J connectivity index is 1.53. The smallest absolute Gasteiger partial charge is 0.250 e. The molecule has 0 aromatic heterocycles. The summed E-state index contributed by atoms with van der Waals surface area (Å²) in [7, 11) is 0. The molecule has 5 N–H and O–H groups in total. The molecule has 4 rings (SSSR count). The number of carbonyl (C=O) groups excluding carboxylic acids is 1. The van der Waals surface area contributed by atoms with Gasteiger partial charge < -0.3 is 21.1 Å². The number of nitrogens with two attached hydrogens (primary N) is 1. The van der Waals surface area contributed by atoms with Crippen LogP contribution < -0.4 is 26.5 Å². The molecule has 3 aliphatic rings. The number of primary amides is 1. The Kier molecular flexibility index (Phi) is 7.29. The van der Waals surface area contributed by atoms with Crippen molar-refractivity contribution < 1.29 is 9.53 Å².